The van der Waals surface area contributed by atoms with Gasteiger partial charge in [-0.15, -0.1) is 0 Å². The van der Waals surface area contributed by atoms with Crippen LogP contribution in [0.2, 0.25) is 0 Å². The zero-order valence-electron chi connectivity index (χ0n) is 17.0. The fourth-order valence-corrected chi connectivity index (χ4v) is 4.34. The van der Waals surface area contributed by atoms with Crippen LogP contribution in [-0.2, 0) is 9.09 Å². The van der Waals surface area contributed by atoms with Gasteiger partial charge in [-0.05, 0) is 12.2 Å². The third kappa shape index (κ3) is 24.5. The summed E-state index contributed by atoms with van der Waals surface area (Å²) in [6.45, 7) is 2.41. The first kappa shape index (κ1) is 26.5. The minimum atomic E-state index is -4.27. The predicted octanol–water partition coefficient (Wildman–Crippen LogP) is 7.09. The van der Waals surface area contributed by atoms with E-state index in [9.17, 15) is 4.57 Å². The van der Waals surface area contributed by atoms with E-state index in [0.717, 1.165) is 5.75 Å². The summed E-state index contributed by atoms with van der Waals surface area (Å²) in [5.74, 6) is 1.72. The molecule has 2 N–H and O–H groups in total. The SMILES string of the molecule is CCCCCCCCCCCCCCCCCCSCCOP(=O)(O)O. The zero-order valence-corrected chi connectivity index (χ0v) is 18.7. The highest BCUT2D eigenvalue weighted by atomic mass is 32.2. The number of hydrogen-bond donors (Lipinski definition) is 2. The Morgan fingerprint density at radius 3 is 1.42 bits per heavy atom. The highest BCUT2D eigenvalue weighted by Crippen LogP contribution is 2.35. The second-order valence-corrected chi connectivity index (χ2v) is 9.70. The van der Waals surface area contributed by atoms with Gasteiger partial charge in [-0.2, -0.15) is 11.8 Å². The summed E-state index contributed by atoms with van der Waals surface area (Å²) >= 11 is 1.71. The molecule has 0 aromatic carbocycles. The van der Waals surface area contributed by atoms with E-state index in [-0.39, 0.29) is 6.61 Å². The molecule has 4 nitrogen and oxygen atoms in total. The fraction of sp³-hybridized carbons (Fsp3) is 1.00. The van der Waals surface area contributed by atoms with Crippen molar-refractivity contribution in [2.24, 2.45) is 0 Å². The molecule has 0 aliphatic carbocycles. The molecule has 0 saturated heterocycles. The summed E-state index contributed by atoms with van der Waals surface area (Å²) < 4.78 is 14.9. The molecule has 0 aromatic rings. The van der Waals surface area contributed by atoms with Gasteiger partial charge < -0.3 is 9.79 Å². The molecule has 0 aliphatic heterocycles. The van der Waals surface area contributed by atoms with Crippen molar-refractivity contribution in [2.75, 3.05) is 18.1 Å². The van der Waals surface area contributed by atoms with Crippen LogP contribution in [0.25, 0.3) is 0 Å². The minimum Gasteiger partial charge on any atom is -0.303 e. The molecule has 0 spiro atoms. The second kappa shape index (κ2) is 20.2. The quantitative estimate of drug-likeness (QED) is 0.156. The van der Waals surface area contributed by atoms with E-state index in [1.54, 1.807) is 11.8 Å². The van der Waals surface area contributed by atoms with Gasteiger partial charge in [-0.1, -0.05) is 103 Å². The van der Waals surface area contributed by atoms with Gasteiger partial charge in [0.2, 0.25) is 0 Å². The number of rotatable bonds is 21. The fourth-order valence-electron chi connectivity index (χ4n) is 3.07. The Morgan fingerprint density at radius 1 is 0.654 bits per heavy atom. The monoisotopic (exact) mass is 410 g/mol. The molecule has 0 atom stereocenters. The molecular weight excluding hydrogens is 367 g/mol. The Bertz CT molecular complexity index is 323. The molecule has 0 fully saturated rings. The van der Waals surface area contributed by atoms with Crippen molar-refractivity contribution < 1.29 is 18.9 Å². The number of phosphoric acid groups is 1. The molecule has 0 unspecified atom stereocenters. The van der Waals surface area contributed by atoms with Crippen molar-refractivity contribution in [3.8, 4) is 0 Å². The molecule has 0 amide bonds. The predicted molar refractivity (Wildman–Crippen MR) is 115 cm³/mol. The highest BCUT2D eigenvalue weighted by Gasteiger charge is 2.12. The maximum Gasteiger partial charge on any atom is 0.469 e. The first-order valence-electron chi connectivity index (χ1n) is 10.8. The maximum atomic E-state index is 10.5. The molecule has 0 aliphatic rings. The number of unbranched alkanes of at least 4 members (excludes halogenated alkanes) is 15. The summed E-state index contributed by atoms with van der Waals surface area (Å²) in [5, 5.41) is 0. The van der Waals surface area contributed by atoms with Crippen LogP contribution in [0.3, 0.4) is 0 Å². The van der Waals surface area contributed by atoms with E-state index in [1.807, 2.05) is 0 Å². The molecule has 0 aromatic heterocycles. The van der Waals surface area contributed by atoms with Gasteiger partial charge in [0.25, 0.3) is 0 Å². The molecule has 0 rings (SSSR count). The van der Waals surface area contributed by atoms with Gasteiger partial charge in [0.05, 0.1) is 6.61 Å². The van der Waals surface area contributed by atoms with Crippen LogP contribution in [0.1, 0.15) is 110 Å². The lowest BCUT2D eigenvalue weighted by molar-refractivity contribution is 0.208. The van der Waals surface area contributed by atoms with Crippen LogP contribution in [0.15, 0.2) is 0 Å². The number of thioether (sulfide) groups is 1. The highest BCUT2D eigenvalue weighted by molar-refractivity contribution is 7.99. The van der Waals surface area contributed by atoms with Crippen LogP contribution in [0, 0.1) is 0 Å². The van der Waals surface area contributed by atoms with Crippen molar-refractivity contribution in [3.05, 3.63) is 0 Å². The summed E-state index contributed by atoms with van der Waals surface area (Å²) in [7, 11) is -4.27. The lowest BCUT2D eigenvalue weighted by atomic mass is 10.0. The van der Waals surface area contributed by atoms with E-state index in [1.165, 1.54) is 103 Å². The Hall–Kier alpha value is 0.460. The average Bonchev–Trinajstić information content (AvgIpc) is 2.59. The van der Waals surface area contributed by atoms with Crippen molar-refractivity contribution in [2.45, 2.75) is 110 Å². The standard InChI is InChI=1S/C20H43O4PS/c1-2-3-4-5-6-7-8-9-10-11-12-13-14-15-16-17-19-26-20-18-24-25(21,22)23/h2-20H2,1H3,(H2,21,22,23). The molecule has 0 saturated carbocycles. The van der Waals surface area contributed by atoms with E-state index in [4.69, 9.17) is 9.79 Å². The van der Waals surface area contributed by atoms with Crippen molar-refractivity contribution in [1.82, 2.24) is 0 Å². The van der Waals surface area contributed by atoms with E-state index >= 15 is 0 Å². The smallest absolute Gasteiger partial charge is 0.303 e. The third-order valence-electron chi connectivity index (χ3n) is 4.63. The topological polar surface area (TPSA) is 66.8 Å². The summed E-state index contributed by atoms with van der Waals surface area (Å²) in [6, 6.07) is 0. The van der Waals surface area contributed by atoms with E-state index in [0.29, 0.717) is 5.75 Å². The third-order valence-corrected chi connectivity index (χ3v) is 6.18. The van der Waals surface area contributed by atoms with Crippen LogP contribution in [0.5, 0.6) is 0 Å². The molecule has 6 heteroatoms. The van der Waals surface area contributed by atoms with Crippen molar-refractivity contribution in [3.63, 3.8) is 0 Å². The Labute approximate surface area is 166 Å². The largest absolute Gasteiger partial charge is 0.469 e. The van der Waals surface area contributed by atoms with Crippen LogP contribution in [0.4, 0.5) is 0 Å². The van der Waals surface area contributed by atoms with Crippen molar-refractivity contribution in [1.29, 1.82) is 0 Å². The Balaban J connectivity index is 3.02. The molecule has 0 radical (unpaired) electrons. The van der Waals surface area contributed by atoms with Crippen LogP contribution < -0.4 is 0 Å². The molecule has 0 bridgehead atoms. The molecule has 26 heavy (non-hydrogen) atoms. The second-order valence-electron chi connectivity index (χ2n) is 7.24. The molecule has 158 valence electrons. The van der Waals surface area contributed by atoms with Gasteiger partial charge in [0, 0.05) is 5.75 Å². The minimum absolute atomic E-state index is 0.133. The number of hydrogen-bond acceptors (Lipinski definition) is 3. The van der Waals surface area contributed by atoms with Crippen molar-refractivity contribution >= 4 is 19.6 Å². The first-order chi connectivity index (χ1) is 12.6. The van der Waals surface area contributed by atoms with E-state index < -0.39 is 7.82 Å². The molecule has 0 heterocycles. The van der Waals surface area contributed by atoms with Gasteiger partial charge in [-0.25, -0.2) is 4.57 Å². The van der Waals surface area contributed by atoms with Gasteiger partial charge >= 0.3 is 7.82 Å². The summed E-state index contributed by atoms with van der Waals surface area (Å²) in [4.78, 5) is 17.1. The van der Waals surface area contributed by atoms with Crippen LogP contribution in [-0.4, -0.2) is 27.9 Å². The van der Waals surface area contributed by atoms with Gasteiger partial charge in [-0.3, -0.25) is 4.52 Å². The normalized spacial score (nSPS) is 12.0. The maximum absolute atomic E-state index is 10.5. The average molecular weight is 411 g/mol. The summed E-state index contributed by atoms with van der Waals surface area (Å²) in [6.07, 6.45) is 22.1. The molecular formula is C20H43O4PS. The number of phosphoric ester groups is 1. The van der Waals surface area contributed by atoms with Gasteiger partial charge in [0.1, 0.15) is 0 Å². The zero-order chi connectivity index (χ0) is 19.3. The first-order valence-corrected chi connectivity index (χ1v) is 13.5. The summed E-state index contributed by atoms with van der Waals surface area (Å²) in [5.41, 5.74) is 0. The van der Waals surface area contributed by atoms with Gasteiger partial charge in [0.15, 0.2) is 0 Å². The Kier molecular flexibility index (Phi) is 20.6. The lowest BCUT2D eigenvalue weighted by Crippen LogP contribution is -1.95. The lowest BCUT2D eigenvalue weighted by Gasteiger charge is -2.05. The van der Waals surface area contributed by atoms with E-state index in [2.05, 4.69) is 11.4 Å². The Morgan fingerprint density at radius 2 is 1.04 bits per heavy atom. The van der Waals surface area contributed by atoms with Crippen LogP contribution >= 0.6 is 19.6 Å².